The molecule has 2 aliphatic rings. The van der Waals surface area contributed by atoms with E-state index in [1.165, 1.54) is 12.1 Å². The van der Waals surface area contributed by atoms with E-state index in [-0.39, 0.29) is 29.0 Å². The number of hydrogen-bond acceptors (Lipinski definition) is 4. The van der Waals surface area contributed by atoms with E-state index in [1.54, 1.807) is 23.9 Å². The van der Waals surface area contributed by atoms with Crippen LogP contribution >= 0.6 is 11.8 Å². The van der Waals surface area contributed by atoms with Crippen LogP contribution in [0, 0.1) is 5.82 Å². The number of rotatable bonds is 4. The van der Waals surface area contributed by atoms with Gasteiger partial charge in [0.1, 0.15) is 11.9 Å². The number of thioether (sulfide) groups is 1. The fourth-order valence-electron chi connectivity index (χ4n) is 3.73. The summed E-state index contributed by atoms with van der Waals surface area (Å²) in [6.45, 7) is 3.97. The van der Waals surface area contributed by atoms with Gasteiger partial charge in [-0.1, -0.05) is 19.1 Å². The molecule has 2 aliphatic heterocycles. The lowest BCUT2D eigenvalue weighted by molar-refractivity contribution is -0.143. The quantitative estimate of drug-likeness (QED) is 0.872. The fourth-order valence-corrected chi connectivity index (χ4v) is 5.34. The number of nitrogens with zero attached hydrogens (tertiary/aromatic N) is 2. The standard InChI is InChI=1S/C19H26FN3O2S/c1-3-17(24)23-16(13-26-19(23)7-9-22(2)10-8-19)18(25)21-12-14-5-4-6-15(20)11-14/h4-6,11,16H,3,7-10,12-13H2,1-2H3,(H,21,25). The molecule has 1 aromatic rings. The van der Waals surface area contributed by atoms with Crippen LogP contribution in [0.4, 0.5) is 4.39 Å². The number of halogens is 1. The van der Waals surface area contributed by atoms with E-state index < -0.39 is 6.04 Å². The molecule has 1 unspecified atom stereocenters. The topological polar surface area (TPSA) is 52.7 Å². The van der Waals surface area contributed by atoms with Crippen LogP contribution in [0.15, 0.2) is 24.3 Å². The molecule has 2 heterocycles. The Balaban J connectivity index is 1.71. The smallest absolute Gasteiger partial charge is 0.243 e. The zero-order chi connectivity index (χ0) is 18.7. The summed E-state index contributed by atoms with van der Waals surface area (Å²) in [5.41, 5.74) is 0.714. The van der Waals surface area contributed by atoms with Gasteiger partial charge in [0.05, 0.1) is 4.87 Å². The number of amides is 2. The minimum Gasteiger partial charge on any atom is -0.350 e. The van der Waals surface area contributed by atoms with Crippen molar-refractivity contribution in [1.29, 1.82) is 0 Å². The van der Waals surface area contributed by atoms with Crippen molar-refractivity contribution in [2.75, 3.05) is 25.9 Å². The van der Waals surface area contributed by atoms with E-state index in [9.17, 15) is 14.0 Å². The second-order valence-electron chi connectivity index (χ2n) is 7.04. The van der Waals surface area contributed by atoms with Crippen LogP contribution in [0.5, 0.6) is 0 Å². The highest BCUT2D eigenvalue weighted by Gasteiger charge is 2.52. The van der Waals surface area contributed by atoms with Crippen molar-refractivity contribution in [3.05, 3.63) is 35.6 Å². The van der Waals surface area contributed by atoms with Gasteiger partial charge in [-0.3, -0.25) is 9.59 Å². The molecule has 7 heteroatoms. The maximum atomic E-state index is 13.3. The minimum atomic E-state index is -0.454. The molecule has 0 bridgehead atoms. The minimum absolute atomic E-state index is 0.0328. The first-order valence-corrected chi connectivity index (χ1v) is 10.1. The Kier molecular flexibility index (Phi) is 5.87. The molecule has 5 nitrogen and oxygen atoms in total. The largest absolute Gasteiger partial charge is 0.350 e. The van der Waals surface area contributed by atoms with Gasteiger partial charge in [-0.15, -0.1) is 11.8 Å². The maximum absolute atomic E-state index is 13.3. The van der Waals surface area contributed by atoms with E-state index in [2.05, 4.69) is 17.3 Å². The average Bonchev–Trinajstić information content (AvgIpc) is 3.01. The number of likely N-dealkylation sites (tertiary alicyclic amines) is 1. The highest BCUT2D eigenvalue weighted by atomic mass is 32.2. The second-order valence-corrected chi connectivity index (χ2v) is 8.42. The summed E-state index contributed by atoms with van der Waals surface area (Å²) >= 11 is 1.74. The van der Waals surface area contributed by atoms with Crippen LogP contribution in [0.2, 0.25) is 0 Å². The van der Waals surface area contributed by atoms with Gasteiger partial charge in [0, 0.05) is 31.8 Å². The van der Waals surface area contributed by atoms with E-state index in [0.29, 0.717) is 17.7 Å². The highest BCUT2D eigenvalue weighted by molar-refractivity contribution is 8.01. The lowest BCUT2D eigenvalue weighted by Gasteiger charge is -2.44. The molecule has 2 saturated heterocycles. The summed E-state index contributed by atoms with van der Waals surface area (Å²) in [4.78, 5) is 29.3. The van der Waals surface area contributed by atoms with Crippen molar-refractivity contribution >= 4 is 23.6 Å². The third-order valence-corrected chi connectivity index (χ3v) is 6.88. The van der Waals surface area contributed by atoms with Crippen LogP contribution in [0.3, 0.4) is 0 Å². The molecule has 3 rings (SSSR count). The monoisotopic (exact) mass is 379 g/mol. The van der Waals surface area contributed by atoms with Crippen molar-refractivity contribution in [3.63, 3.8) is 0 Å². The van der Waals surface area contributed by atoms with E-state index in [1.807, 2.05) is 11.8 Å². The molecule has 26 heavy (non-hydrogen) atoms. The van der Waals surface area contributed by atoms with Crippen LogP contribution < -0.4 is 5.32 Å². The number of carbonyl (C=O) groups is 2. The normalized spacial score (nSPS) is 22.6. The van der Waals surface area contributed by atoms with E-state index in [4.69, 9.17) is 0 Å². The molecule has 0 radical (unpaired) electrons. The Hall–Kier alpha value is -1.60. The Morgan fingerprint density at radius 3 is 2.73 bits per heavy atom. The van der Waals surface area contributed by atoms with Gasteiger partial charge in [0.2, 0.25) is 11.8 Å². The first-order chi connectivity index (χ1) is 12.4. The molecule has 142 valence electrons. The molecule has 0 saturated carbocycles. The third kappa shape index (κ3) is 3.88. The predicted octanol–water partition coefficient (Wildman–Crippen LogP) is 2.22. The average molecular weight is 380 g/mol. The van der Waals surface area contributed by atoms with Crippen LogP contribution in [0.25, 0.3) is 0 Å². The van der Waals surface area contributed by atoms with Crippen LogP contribution in [-0.2, 0) is 16.1 Å². The zero-order valence-electron chi connectivity index (χ0n) is 15.3. The molecule has 2 fully saturated rings. The van der Waals surface area contributed by atoms with Crippen molar-refractivity contribution in [2.45, 2.75) is 43.6 Å². The summed E-state index contributed by atoms with van der Waals surface area (Å²) in [5.74, 6) is 0.177. The van der Waals surface area contributed by atoms with E-state index in [0.717, 1.165) is 25.9 Å². The van der Waals surface area contributed by atoms with Gasteiger partial charge >= 0.3 is 0 Å². The van der Waals surface area contributed by atoms with Gasteiger partial charge in [0.15, 0.2) is 0 Å². The Morgan fingerprint density at radius 2 is 2.08 bits per heavy atom. The number of nitrogens with one attached hydrogen (secondary N) is 1. The third-order valence-electron chi connectivity index (χ3n) is 5.26. The highest BCUT2D eigenvalue weighted by Crippen LogP contribution is 2.46. The molecule has 1 atom stereocenters. The molecular weight excluding hydrogens is 353 g/mol. The van der Waals surface area contributed by atoms with Gasteiger partial charge in [-0.2, -0.15) is 0 Å². The molecule has 1 spiro atoms. The summed E-state index contributed by atoms with van der Waals surface area (Å²) in [5, 5.41) is 2.88. The number of hydrogen-bond donors (Lipinski definition) is 1. The van der Waals surface area contributed by atoms with Crippen LogP contribution in [-0.4, -0.2) is 58.4 Å². The first-order valence-electron chi connectivity index (χ1n) is 9.12. The summed E-state index contributed by atoms with van der Waals surface area (Å²) in [7, 11) is 2.08. The summed E-state index contributed by atoms with van der Waals surface area (Å²) < 4.78 is 13.3. The van der Waals surface area contributed by atoms with Crippen molar-refractivity contribution in [3.8, 4) is 0 Å². The summed E-state index contributed by atoms with van der Waals surface area (Å²) in [6, 6.07) is 5.74. The maximum Gasteiger partial charge on any atom is 0.243 e. The molecular formula is C19H26FN3O2S. The lowest BCUT2D eigenvalue weighted by Crippen LogP contribution is -2.57. The molecule has 1 N–H and O–H groups in total. The Bertz CT molecular complexity index is 677. The Labute approximate surface area is 158 Å². The van der Waals surface area contributed by atoms with Gasteiger partial charge in [0.25, 0.3) is 0 Å². The Morgan fingerprint density at radius 1 is 1.35 bits per heavy atom. The molecule has 0 aromatic heterocycles. The lowest BCUT2D eigenvalue weighted by atomic mass is 10.00. The SMILES string of the molecule is CCC(=O)N1C(C(=O)NCc2cccc(F)c2)CSC12CCN(C)CC2. The van der Waals surface area contributed by atoms with Gasteiger partial charge in [-0.05, 0) is 37.6 Å². The van der Waals surface area contributed by atoms with Crippen molar-refractivity contribution in [2.24, 2.45) is 0 Å². The van der Waals surface area contributed by atoms with Gasteiger partial charge in [-0.25, -0.2) is 4.39 Å². The number of benzene rings is 1. The number of carbonyl (C=O) groups excluding carboxylic acids is 2. The molecule has 2 amide bonds. The van der Waals surface area contributed by atoms with E-state index >= 15 is 0 Å². The summed E-state index contributed by atoms with van der Waals surface area (Å²) in [6.07, 6.45) is 2.16. The van der Waals surface area contributed by atoms with Gasteiger partial charge < -0.3 is 15.1 Å². The molecule has 1 aromatic carbocycles. The van der Waals surface area contributed by atoms with Crippen molar-refractivity contribution < 1.29 is 14.0 Å². The fraction of sp³-hybridized carbons (Fsp3) is 0.579. The first kappa shape index (κ1) is 19.2. The molecule has 0 aliphatic carbocycles. The van der Waals surface area contributed by atoms with Crippen molar-refractivity contribution in [1.82, 2.24) is 15.1 Å². The predicted molar refractivity (Wildman–Crippen MR) is 101 cm³/mol. The number of piperidine rings is 1. The van der Waals surface area contributed by atoms with Crippen LogP contribution in [0.1, 0.15) is 31.7 Å². The second kappa shape index (κ2) is 7.96. The zero-order valence-corrected chi connectivity index (χ0v) is 16.2.